The van der Waals surface area contributed by atoms with Crippen molar-refractivity contribution in [2.45, 2.75) is 19.6 Å². The van der Waals surface area contributed by atoms with Gasteiger partial charge in [0, 0.05) is 17.7 Å². The fourth-order valence-electron chi connectivity index (χ4n) is 2.29. The van der Waals surface area contributed by atoms with Gasteiger partial charge in [-0.05, 0) is 54.2 Å². The second kappa shape index (κ2) is 8.25. The van der Waals surface area contributed by atoms with Gasteiger partial charge in [0.1, 0.15) is 12.4 Å². The second-order valence-electron chi connectivity index (χ2n) is 5.54. The van der Waals surface area contributed by atoms with Crippen LogP contribution in [0.25, 0.3) is 11.5 Å². The first-order valence-corrected chi connectivity index (χ1v) is 8.39. The molecule has 1 heterocycles. The van der Waals surface area contributed by atoms with Crippen molar-refractivity contribution in [3.8, 4) is 23.3 Å². The third kappa shape index (κ3) is 4.56. The van der Waals surface area contributed by atoms with E-state index in [1.807, 2.05) is 6.07 Å². The number of aromatic nitrogens is 2. The monoisotopic (exact) mass is 382 g/mol. The summed E-state index contributed by atoms with van der Waals surface area (Å²) in [5, 5.41) is 23.6. The molecule has 0 saturated carbocycles. The summed E-state index contributed by atoms with van der Waals surface area (Å²) < 4.78 is 12.6. The highest BCUT2D eigenvalue weighted by Crippen LogP contribution is 2.22. The van der Waals surface area contributed by atoms with Crippen molar-refractivity contribution < 1.29 is 14.1 Å². The number of rotatable bonds is 7. The van der Waals surface area contributed by atoms with E-state index in [0.717, 1.165) is 11.1 Å². The van der Waals surface area contributed by atoms with E-state index in [2.05, 4.69) is 5.10 Å². The summed E-state index contributed by atoms with van der Waals surface area (Å²) in [4.78, 5) is 10.4. The van der Waals surface area contributed by atoms with Crippen molar-refractivity contribution in [3.05, 3.63) is 69.0 Å². The number of non-ortho nitro benzene ring substituents is 1. The third-order valence-corrected chi connectivity index (χ3v) is 3.99. The molecule has 27 heavy (non-hydrogen) atoms. The van der Waals surface area contributed by atoms with Crippen molar-refractivity contribution in [2.75, 3.05) is 0 Å². The van der Waals surface area contributed by atoms with Gasteiger partial charge in [-0.3, -0.25) is 10.1 Å². The molecule has 0 spiro atoms. The molecule has 0 bridgehead atoms. The molecule has 0 atom stereocenters. The Morgan fingerprint density at radius 3 is 2.56 bits per heavy atom. The van der Waals surface area contributed by atoms with Crippen LogP contribution in [0, 0.1) is 26.3 Å². The molecule has 3 rings (SSSR count). The van der Waals surface area contributed by atoms with E-state index in [4.69, 9.17) is 26.6 Å². The van der Waals surface area contributed by atoms with Crippen LogP contribution in [0.3, 0.4) is 0 Å². The Morgan fingerprint density at radius 2 is 1.93 bits per heavy atom. The largest absolute Gasteiger partial charge is 0.489 e. The zero-order valence-corrected chi connectivity index (χ0v) is 14.9. The summed E-state index contributed by atoms with van der Waals surface area (Å²) in [7, 11) is 0. The smallest absolute Gasteiger partial charge is 0.287 e. The average molecular weight is 382 g/mol. The second-order valence-corrected chi connectivity index (χ2v) is 5.89. The molecule has 9 heteroatoms. The molecule has 2 aromatic carbocycles. The van der Waals surface area contributed by atoms with E-state index in [1.165, 1.54) is 16.8 Å². The normalized spacial score (nSPS) is 10.3. The standard InChI is InChI=1S/C18H14N4O4S/c19-10-1-11-21-18(27)26-17(20-21)14-4-8-16(9-5-14)25-12-13-2-6-15(7-3-13)22(23)24/h2-9H,1,11-12H2. The molecule has 0 saturated heterocycles. The first-order valence-electron chi connectivity index (χ1n) is 7.98. The van der Waals surface area contributed by atoms with Gasteiger partial charge in [0.2, 0.25) is 5.89 Å². The summed E-state index contributed by atoms with van der Waals surface area (Å²) in [6, 6.07) is 15.4. The van der Waals surface area contributed by atoms with Crippen molar-refractivity contribution >= 4 is 17.9 Å². The number of nitriles is 1. The first-order chi connectivity index (χ1) is 13.1. The van der Waals surface area contributed by atoms with E-state index < -0.39 is 4.92 Å². The van der Waals surface area contributed by atoms with Crippen molar-refractivity contribution in [1.29, 1.82) is 5.26 Å². The van der Waals surface area contributed by atoms with Gasteiger partial charge in [0.25, 0.3) is 10.5 Å². The molecular weight excluding hydrogens is 368 g/mol. The molecule has 0 aliphatic carbocycles. The summed E-state index contributed by atoms with van der Waals surface area (Å²) in [6.45, 7) is 0.677. The van der Waals surface area contributed by atoms with Crippen molar-refractivity contribution in [1.82, 2.24) is 9.78 Å². The van der Waals surface area contributed by atoms with Crippen LogP contribution in [-0.2, 0) is 13.2 Å². The molecule has 1 aromatic heterocycles. The predicted octanol–water partition coefficient (Wildman–Crippen LogP) is 4.27. The number of hydrogen-bond donors (Lipinski definition) is 0. The number of ether oxygens (including phenoxy) is 1. The molecular formula is C18H14N4O4S. The Bertz CT molecular complexity index is 1030. The number of nitro benzene ring substituents is 1. The lowest BCUT2D eigenvalue weighted by Crippen LogP contribution is -1.99. The van der Waals surface area contributed by atoms with E-state index >= 15 is 0 Å². The maximum atomic E-state index is 10.7. The van der Waals surface area contributed by atoms with Crippen LogP contribution in [0.5, 0.6) is 5.75 Å². The molecule has 3 aromatic rings. The maximum absolute atomic E-state index is 10.7. The molecule has 136 valence electrons. The van der Waals surface area contributed by atoms with Crippen LogP contribution in [0.15, 0.2) is 52.9 Å². The van der Waals surface area contributed by atoms with Crippen LogP contribution in [0.2, 0.25) is 0 Å². The van der Waals surface area contributed by atoms with Crippen LogP contribution in [0.4, 0.5) is 5.69 Å². The minimum atomic E-state index is -0.440. The predicted molar refractivity (Wildman–Crippen MR) is 98.4 cm³/mol. The molecule has 0 amide bonds. The Hall–Kier alpha value is -3.51. The lowest BCUT2D eigenvalue weighted by molar-refractivity contribution is -0.384. The van der Waals surface area contributed by atoms with Gasteiger partial charge in [0.05, 0.1) is 24.0 Å². The highest BCUT2D eigenvalue weighted by atomic mass is 32.1. The minimum Gasteiger partial charge on any atom is -0.489 e. The van der Waals surface area contributed by atoms with Gasteiger partial charge in [-0.2, -0.15) is 5.26 Å². The minimum absolute atomic E-state index is 0.0437. The highest BCUT2D eigenvalue weighted by Gasteiger charge is 2.09. The average Bonchev–Trinajstić information content (AvgIpc) is 3.06. The Labute approximate surface area is 159 Å². The fraction of sp³-hybridized carbons (Fsp3) is 0.167. The topological polar surface area (TPSA) is 107 Å². The highest BCUT2D eigenvalue weighted by molar-refractivity contribution is 7.71. The Kier molecular flexibility index (Phi) is 5.58. The zero-order chi connectivity index (χ0) is 19.2. The summed E-state index contributed by atoms with van der Waals surface area (Å²) in [5.41, 5.74) is 1.60. The SMILES string of the molecule is N#CCCn1nc(-c2ccc(OCc3ccc([N+](=O)[O-])cc3)cc2)oc1=S. The molecule has 0 aliphatic heterocycles. The summed E-state index contributed by atoms with van der Waals surface area (Å²) in [5.74, 6) is 1.01. The van der Waals surface area contributed by atoms with Crippen LogP contribution in [0.1, 0.15) is 12.0 Å². The summed E-state index contributed by atoms with van der Waals surface area (Å²) in [6.07, 6.45) is 0.301. The number of nitrogens with zero attached hydrogens (tertiary/aromatic N) is 4. The van der Waals surface area contributed by atoms with E-state index in [0.29, 0.717) is 31.2 Å². The van der Waals surface area contributed by atoms with E-state index in [-0.39, 0.29) is 10.5 Å². The third-order valence-electron chi connectivity index (χ3n) is 3.70. The van der Waals surface area contributed by atoms with Crippen molar-refractivity contribution in [2.24, 2.45) is 0 Å². The molecule has 0 N–H and O–H groups in total. The van der Waals surface area contributed by atoms with Crippen LogP contribution < -0.4 is 4.74 Å². The lowest BCUT2D eigenvalue weighted by atomic mass is 10.2. The first kappa shape index (κ1) is 18.3. The number of aryl methyl sites for hydroxylation is 1. The quantitative estimate of drug-likeness (QED) is 0.341. The van der Waals surface area contributed by atoms with E-state index in [9.17, 15) is 10.1 Å². The van der Waals surface area contributed by atoms with Crippen molar-refractivity contribution in [3.63, 3.8) is 0 Å². The van der Waals surface area contributed by atoms with Gasteiger partial charge in [-0.25, -0.2) is 4.68 Å². The van der Waals surface area contributed by atoms with Gasteiger partial charge in [0.15, 0.2) is 0 Å². The molecule has 0 unspecified atom stereocenters. The summed E-state index contributed by atoms with van der Waals surface area (Å²) >= 11 is 5.09. The number of hydrogen-bond acceptors (Lipinski definition) is 7. The van der Waals surface area contributed by atoms with Crippen LogP contribution in [-0.4, -0.2) is 14.7 Å². The molecule has 8 nitrogen and oxygen atoms in total. The molecule has 0 radical (unpaired) electrons. The van der Waals surface area contributed by atoms with Crippen LogP contribution >= 0.6 is 12.2 Å². The Balaban J connectivity index is 1.64. The fourth-order valence-corrected chi connectivity index (χ4v) is 2.51. The lowest BCUT2D eigenvalue weighted by Gasteiger charge is -2.06. The molecule has 0 aliphatic rings. The van der Waals surface area contributed by atoms with Gasteiger partial charge < -0.3 is 9.15 Å². The molecule has 0 fully saturated rings. The van der Waals surface area contributed by atoms with E-state index in [1.54, 1.807) is 36.4 Å². The van der Waals surface area contributed by atoms with Gasteiger partial charge >= 0.3 is 0 Å². The Morgan fingerprint density at radius 1 is 1.22 bits per heavy atom. The number of benzene rings is 2. The zero-order valence-electron chi connectivity index (χ0n) is 14.1. The van der Waals surface area contributed by atoms with Gasteiger partial charge in [-0.1, -0.05) is 0 Å². The van der Waals surface area contributed by atoms with Gasteiger partial charge in [-0.15, -0.1) is 5.10 Å². The maximum Gasteiger partial charge on any atom is 0.287 e. The number of nitro groups is 1.